The molecule has 0 spiro atoms. The van der Waals surface area contributed by atoms with Gasteiger partial charge in [-0.3, -0.25) is 0 Å². The Balaban J connectivity index is 2.42. The van der Waals surface area contributed by atoms with E-state index in [1.165, 1.54) is 13.3 Å². The number of pyridine rings is 1. The fourth-order valence-corrected chi connectivity index (χ4v) is 1.79. The van der Waals surface area contributed by atoms with Crippen LogP contribution in [-0.4, -0.2) is 23.2 Å². The van der Waals surface area contributed by atoms with E-state index in [0.717, 1.165) is 0 Å². The van der Waals surface area contributed by atoms with Crippen LogP contribution in [0, 0.1) is 0 Å². The van der Waals surface area contributed by atoms with Crippen molar-refractivity contribution in [1.82, 2.24) is 4.98 Å². The Hall–Kier alpha value is -2.08. The number of rotatable bonds is 4. The third-order valence-electron chi connectivity index (χ3n) is 2.31. The van der Waals surface area contributed by atoms with Gasteiger partial charge in [0.15, 0.2) is 22.9 Å². The molecule has 0 aliphatic rings. The molecule has 0 saturated heterocycles. The number of aromatic carboxylic acids is 1. The maximum atomic E-state index is 11.1. The van der Waals surface area contributed by atoms with Gasteiger partial charge in [0.25, 0.3) is 0 Å². The van der Waals surface area contributed by atoms with Crippen LogP contribution in [0.2, 0.25) is 0 Å². The van der Waals surface area contributed by atoms with Crippen LogP contribution in [0.5, 0.6) is 17.2 Å². The second-order valence-electron chi connectivity index (χ2n) is 3.56. The molecule has 0 unspecified atom stereocenters. The van der Waals surface area contributed by atoms with Crippen LogP contribution in [0.1, 0.15) is 10.5 Å². The van der Waals surface area contributed by atoms with Crippen molar-refractivity contribution in [3.05, 3.63) is 46.7 Å². The quantitative estimate of drug-likeness (QED) is 0.934. The summed E-state index contributed by atoms with van der Waals surface area (Å²) in [5.41, 5.74) is -0.158. The predicted octanol–water partition coefficient (Wildman–Crippen LogP) is 3.34. The van der Waals surface area contributed by atoms with E-state index in [-0.39, 0.29) is 11.4 Å². The number of hydrogen-bond acceptors (Lipinski definition) is 4. The summed E-state index contributed by atoms with van der Waals surface area (Å²) in [5, 5.41) is 9.07. The highest BCUT2D eigenvalue weighted by molar-refractivity contribution is 9.10. The minimum absolute atomic E-state index is 0.145. The van der Waals surface area contributed by atoms with Gasteiger partial charge in [0.1, 0.15) is 0 Å². The van der Waals surface area contributed by atoms with Crippen molar-refractivity contribution in [2.45, 2.75) is 0 Å². The summed E-state index contributed by atoms with van der Waals surface area (Å²) in [6, 6.07) is 8.52. The van der Waals surface area contributed by atoms with E-state index >= 15 is 0 Å². The second-order valence-corrected chi connectivity index (χ2v) is 4.47. The normalized spacial score (nSPS) is 10.0. The molecule has 1 heterocycles. The largest absolute Gasteiger partial charge is 0.493 e. The molecule has 6 heteroatoms. The van der Waals surface area contributed by atoms with Crippen molar-refractivity contribution < 1.29 is 19.4 Å². The van der Waals surface area contributed by atoms with Gasteiger partial charge >= 0.3 is 5.97 Å². The minimum Gasteiger partial charge on any atom is -0.493 e. The number of ether oxygens (including phenoxy) is 2. The second kappa shape index (κ2) is 5.71. The standard InChI is InChI=1S/C13H10BrNO4/c1-18-9-4-2-3-5-10(9)19-11-6-8(14)7-15-12(11)13(16)17/h2-7H,1H3,(H,16,17). The van der Waals surface area contributed by atoms with E-state index in [0.29, 0.717) is 16.0 Å². The molecule has 19 heavy (non-hydrogen) atoms. The Kier molecular flexibility index (Phi) is 4.01. The Morgan fingerprint density at radius 1 is 1.26 bits per heavy atom. The number of benzene rings is 1. The lowest BCUT2D eigenvalue weighted by Crippen LogP contribution is -2.03. The molecule has 0 aliphatic heterocycles. The van der Waals surface area contributed by atoms with E-state index in [1.807, 2.05) is 0 Å². The van der Waals surface area contributed by atoms with E-state index in [9.17, 15) is 4.79 Å². The van der Waals surface area contributed by atoms with Crippen LogP contribution >= 0.6 is 15.9 Å². The predicted molar refractivity (Wildman–Crippen MR) is 72.0 cm³/mol. The summed E-state index contributed by atoms with van der Waals surface area (Å²) < 4.78 is 11.3. The molecule has 0 bridgehead atoms. The first kappa shape index (κ1) is 13.4. The zero-order chi connectivity index (χ0) is 13.8. The lowest BCUT2D eigenvalue weighted by Gasteiger charge is -2.11. The summed E-state index contributed by atoms with van der Waals surface area (Å²) in [7, 11) is 1.51. The number of halogens is 1. The Morgan fingerprint density at radius 3 is 2.58 bits per heavy atom. The molecule has 0 amide bonds. The van der Waals surface area contributed by atoms with Crippen molar-refractivity contribution in [3.63, 3.8) is 0 Å². The van der Waals surface area contributed by atoms with Crippen LogP contribution in [-0.2, 0) is 0 Å². The van der Waals surface area contributed by atoms with E-state index in [4.69, 9.17) is 14.6 Å². The third-order valence-corrected chi connectivity index (χ3v) is 2.74. The average Bonchev–Trinajstić information content (AvgIpc) is 2.39. The highest BCUT2D eigenvalue weighted by atomic mass is 79.9. The highest BCUT2D eigenvalue weighted by Crippen LogP contribution is 2.33. The zero-order valence-corrected chi connectivity index (χ0v) is 11.5. The van der Waals surface area contributed by atoms with Crippen LogP contribution in [0.3, 0.4) is 0 Å². The van der Waals surface area contributed by atoms with E-state index < -0.39 is 5.97 Å². The van der Waals surface area contributed by atoms with Crippen molar-refractivity contribution >= 4 is 21.9 Å². The summed E-state index contributed by atoms with van der Waals surface area (Å²) in [6.07, 6.45) is 1.40. The van der Waals surface area contributed by atoms with Gasteiger partial charge in [0.05, 0.1) is 7.11 Å². The maximum absolute atomic E-state index is 11.1. The molecular weight excluding hydrogens is 314 g/mol. The molecule has 0 radical (unpaired) electrons. The first-order valence-corrected chi connectivity index (χ1v) is 6.11. The van der Waals surface area contributed by atoms with Crippen molar-refractivity contribution in [2.24, 2.45) is 0 Å². The summed E-state index contributed by atoms with van der Waals surface area (Å²) in [4.78, 5) is 14.9. The Bertz CT molecular complexity index is 615. The van der Waals surface area contributed by atoms with Crippen LogP contribution in [0.4, 0.5) is 0 Å². The first-order chi connectivity index (χ1) is 9.11. The van der Waals surface area contributed by atoms with Gasteiger partial charge in [-0.1, -0.05) is 12.1 Å². The minimum atomic E-state index is -1.16. The summed E-state index contributed by atoms with van der Waals surface area (Å²) in [6.45, 7) is 0. The molecule has 5 nitrogen and oxygen atoms in total. The van der Waals surface area contributed by atoms with Gasteiger partial charge in [-0.25, -0.2) is 9.78 Å². The lowest BCUT2D eigenvalue weighted by atomic mass is 10.3. The SMILES string of the molecule is COc1ccccc1Oc1cc(Br)cnc1C(=O)O. The lowest BCUT2D eigenvalue weighted by molar-refractivity contribution is 0.0687. The molecule has 0 atom stereocenters. The third kappa shape index (κ3) is 3.03. The summed E-state index contributed by atoms with van der Waals surface area (Å²) in [5.74, 6) is -0.0741. The van der Waals surface area contributed by atoms with Crippen LogP contribution in [0.25, 0.3) is 0 Å². The average molecular weight is 324 g/mol. The van der Waals surface area contributed by atoms with Crippen molar-refractivity contribution in [3.8, 4) is 17.2 Å². The van der Waals surface area contributed by atoms with Crippen molar-refractivity contribution in [2.75, 3.05) is 7.11 Å². The zero-order valence-electron chi connectivity index (χ0n) is 9.96. The molecule has 0 aliphatic carbocycles. The number of aromatic nitrogens is 1. The Morgan fingerprint density at radius 2 is 1.95 bits per heavy atom. The van der Waals surface area contributed by atoms with E-state index in [2.05, 4.69) is 20.9 Å². The molecule has 98 valence electrons. The number of methoxy groups -OCH3 is 1. The van der Waals surface area contributed by atoms with Gasteiger partial charge in [0.2, 0.25) is 0 Å². The molecule has 0 fully saturated rings. The molecule has 1 N–H and O–H groups in total. The molecule has 0 saturated carbocycles. The van der Waals surface area contributed by atoms with Gasteiger partial charge < -0.3 is 14.6 Å². The smallest absolute Gasteiger partial charge is 0.358 e. The molecule has 2 rings (SSSR count). The topological polar surface area (TPSA) is 68.7 Å². The number of carboxylic acids is 1. The number of hydrogen-bond donors (Lipinski definition) is 1. The molecule has 1 aromatic carbocycles. The molecular formula is C13H10BrNO4. The number of carbonyl (C=O) groups is 1. The van der Waals surface area contributed by atoms with E-state index in [1.54, 1.807) is 30.3 Å². The van der Waals surface area contributed by atoms with Gasteiger partial charge in [-0.15, -0.1) is 0 Å². The van der Waals surface area contributed by atoms with Crippen LogP contribution in [0.15, 0.2) is 41.0 Å². The number of nitrogens with zero attached hydrogens (tertiary/aromatic N) is 1. The fraction of sp³-hybridized carbons (Fsp3) is 0.0769. The first-order valence-electron chi connectivity index (χ1n) is 5.31. The molecule has 2 aromatic rings. The van der Waals surface area contributed by atoms with Crippen LogP contribution < -0.4 is 9.47 Å². The maximum Gasteiger partial charge on any atom is 0.358 e. The van der Waals surface area contributed by atoms with Gasteiger partial charge in [0, 0.05) is 10.7 Å². The van der Waals surface area contributed by atoms with Crippen molar-refractivity contribution in [1.29, 1.82) is 0 Å². The fourth-order valence-electron chi connectivity index (χ4n) is 1.48. The number of carboxylic acid groups (broad SMARTS) is 1. The highest BCUT2D eigenvalue weighted by Gasteiger charge is 2.15. The number of para-hydroxylation sites is 2. The monoisotopic (exact) mass is 323 g/mol. The summed E-state index contributed by atoms with van der Waals surface area (Å²) >= 11 is 3.23. The van der Waals surface area contributed by atoms with Gasteiger partial charge in [-0.2, -0.15) is 0 Å². The Labute approximate surface area is 117 Å². The van der Waals surface area contributed by atoms with Gasteiger partial charge in [-0.05, 0) is 34.1 Å². The molecule has 1 aromatic heterocycles.